The van der Waals surface area contributed by atoms with Gasteiger partial charge < -0.3 is 19.7 Å². The van der Waals surface area contributed by atoms with Crippen molar-refractivity contribution in [1.29, 1.82) is 0 Å². The summed E-state index contributed by atoms with van der Waals surface area (Å²) in [6.45, 7) is 2.36. The Hall–Kier alpha value is -2.08. The molecule has 2 N–H and O–H groups in total. The molecular weight excluding hydrogens is 282 g/mol. The standard InChI is InChI=1S/C16H21N3O3/c1-10-17-13-7-6-12(8-15(13)22-10)18-16(21)19(2)9-11-4-3-5-14(11)20/h6-8,11,14,20H,3-5,9H2,1-2H3,(H,18,21). The molecule has 6 nitrogen and oxygen atoms in total. The van der Waals surface area contributed by atoms with Gasteiger partial charge in [-0.3, -0.25) is 0 Å². The molecule has 1 saturated carbocycles. The molecule has 1 heterocycles. The molecule has 3 rings (SSSR count). The number of fused-ring (bicyclic) bond motifs is 1. The lowest BCUT2D eigenvalue weighted by molar-refractivity contribution is 0.116. The maximum atomic E-state index is 12.2. The Balaban J connectivity index is 1.64. The van der Waals surface area contributed by atoms with E-state index in [1.165, 1.54) is 0 Å². The first kappa shape index (κ1) is 14.8. The molecule has 2 aromatic rings. The molecule has 6 heteroatoms. The number of benzene rings is 1. The zero-order valence-electron chi connectivity index (χ0n) is 12.9. The minimum absolute atomic E-state index is 0.176. The first-order valence-corrected chi connectivity index (χ1v) is 7.60. The number of aromatic nitrogens is 1. The second-order valence-electron chi connectivity index (χ2n) is 5.98. The number of nitrogens with one attached hydrogen (secondary N) is 1. The van der Waals surface area contributed by atoms with Crippen molar-refractivity contribution in [3.8, 4) is 0 Å². The van der Waals surface area contributed by atoms with Gasteiger partial charge in [0.05, 0.1) is 6.10 Å². The lowest BCUT2D eigenvalue weighted by Crippen LogP contribution is -2.37. The van der Waals surface area contributed by atoms with Crippen LogP contribution in [0.3, 0.4) is 0 Å². The van der Waals surface area contributed by atoms with Crippen LogP contribution in [0.15, 0.2) is 22.6 Å². The summed E-state index contributed by atoms with van der Waals surface area (Å²) < 4.78 is 5.46. The number of aryl methyl sites for hydroxylation is 1. The Kier molecular flexibility index (Phi) is 4.02. The number of oxazole rings is 1. The Labute approximate surface area is 129 Å². The molecule has 1 aromatic carbocycles. The van der Waals surface area contributed by atoms with Crippen molar-refractivity contribution in [2.24, 2.45) is 5.92 Å². The molecular formula is C16H21N3O3. The summed E-state index contributed by atoms with van der Waals surface area (Å²) in [4.78, 5) is 18.1. The van der Waals surface area contributed by atoms with E-state index in [4.69, 9.17) is 4.42 Å². The fraction of sp³-hybridized carbons (Fsp3) is 0.500. The topological polar surface area (TPSA) is 78.6 Å². The fourth-order valence-electron chi connectivity index (χ4n) is 3.00. The molecule has 0 saturated heterocycles. The van der Waals surface area contributed by atoms with Crippen LogP contribution < -0.4 is 5.32 Å². The normalized spacial score (nSPS) is 21.2. The van der Waals surface area contributed by atoms with Crippen molar-refractivity contribution in [2.45, 2.75) is 32.3 Å². The number of aliphatic hydroxyl groups excluding tert-OH is 1. The number of anilines is 1. The van der Waals surface area contributed by atoms with Crippen LogP contribution in [0.2, 0.25) is 0 Å². The molecule has 2 atom stereocenters. The van der Waals surface area contributed by atoms with Gasteiger partial charge in [0.25, 0.3) is 0 Å². The molecule has 0 bridgehead atoms. The molecule has 1 aliphatic rings. The predicted molar refractivity (Wildman–Crippen MR) is 83.7 cm³/mol. The van der Waals surface area contributed by atoms with Gasteiger partial charge in [0.1, 0.15) is 5.52 Å². The Morgan fingerprint density at radius 1 is 1.50 bits per heavy atom. The number of hydrogen-bond acceptors (Lipinski definition) is 4. The third-order valence-corrected chi connectivity index (χ3v) is 4.22. The van der Waals surface area contributed by atoms with E-state index in [9.17, 15) is 9.90 Å². The van der Waals surface area contributed by atoms with Gasteiger partial charge in [-0.15, -0.1) is 0 Å². The SMILES string of the molecule is Cc1nc2ccc(NC(=O)N(C)CC3CCCC3O)cc2o1. The monoisotopic (exact) mass is 303 g/mol. The number of rotatable bonds is 3. The zero-order chi connectivity index (χ0) is 15.7. The number of aliphatic hydroxyl groups is 1. The molecule has 1 aliphatic carbocycles. The summed E-state index contributed by atoms with van der Waals surface area (Å²) in [7, 11) is 1.75. The van der Waals surface area contributed by atoms with E-state index in [2.05, 4.69) is 10.3 Å². The van der Waals surface area contributed by atoms with Gasteiger partial charge in [-0.1, -0.05) is 6.42 Å². The number of carbonyl (C=O) groups is 1. The third kappa shape index (κ3) is 3.06. The minimum atomic E-state index is -0.288. The average molecular weight is 303 g/mol. The maximum Gasteiger partial charge on any atom is 0.321 e. The van der Waals surface area contributed by atoms with Gasteiger partial charge >= 0.3 is 6.03 Å². The smallest absolute Gasteiger partial charge is 0.321 e. The summed E-state index contributed by atoms with van der Waals surface area (Å²) in [6.07, 6.45) is 2.55. The van der Waals surface area contributed by atoms with Crippen LogP contribution in [-0.2, 0) is 0 Å². The van der Waals surface area contributed by atoms with Crippen LogP contribution in [0.5, 0.6) is 0 Å². The van der Waals surface area contributed by atoms with Gasteiger partial charge in [0, 0.05) is 38.2 Å². The highest BCUT2D eigenvalue weighted by atomic mass is 16.3. The van der Waals surface area contributed by atoms with Crippen molar-refractivity contribution < 1.29 is 14.3 Å². The van der Waals surface area contributed by atoms with E-state index < -0.39 is 0 Å². The third-order valence-electron chi connectivity index (χ3n) is 4.22. The van der Waals surface area contributed by atoms with Crippen molar-refractivity contribution >= 4 is 22.8 Å². The van der Waals surface area contributed by atoms with Crippen LogP contribution in [0.25, 0.3) is 11.1 Å². The maximum absolute atomic E-state index is 12.2. The van der Waals surface area contributed by atoms with E-state index in [0.717, 1.165) is 24.8 Å². The Morgan fingerprint density at radius 3 is 3.05 bits per heavy atom. The van der Waals surface area contributed by atoms with Gasteiger partial charge in [0.2, 0.25) is 0 Å². The first-order chi connectivity index (χ1) is 10.5. The van der Waals surface area contributed by atoms with Crippen LogP contribution in [0.1, 0.15) is 25.2 Å². The van der Waals surface area contributed by atoms with E-state index >= 15 is 0 Å². The average Bonchev–Trinajstić information content (AvgIpc) is 3.03. The molecule has 2 amide bonds. The van der Waals surface area contributed by atoms with Gasteiger partial charge in [-0.25, -0.2) is 9.78 Å². The van der Waals surface area contributed by atoms with Crippen molar-refractivity contribution in [3.63, 3.8) is 0 Å². The Bertz CT molecular complexity index is 682. The summed E-state index contributed by atoms with van der Waals surface area (Å²) in [5, 5.41) is 12.7. The quantitative estimate of drug-likeness (QED) is 0.914. The minimum Gasteiger partial charge on any atom is -0.441 e. The van der Waals surface area contributed by atoms with E-state index in [0.29, 0.717) is 23.7 Å². The number of urea groups is 1. The highest BCUT2D eigenvalue weighted by Gasteiger charge is 2.27. The molecule has 1 fully saturated rings. The van der Waals surface area contributed by atoms with Crippen LogP contribution in [0.4, 0.5) is 10.5 Å². The van der Waals surface area contributed by atoms with Gasteiger partial charge in [-0.2, -0.15) is 0 Å². The summed E-state index contributed by atoms with van der Waals surface area (Å²) in [5.74, 6) is 0.779. The number of amides is 2. The molecule has 0 aliphatic heterocycles. The highest BCUT2D eigenvalue weighted by molar-refractivity contribution is 5.91. The number of carbonyl (C=O) groups excluding carboxylic acids is 1. The first-order valence-electron chi connectivity index (χ1n) is 7.60. The summed E-state index contributed by atoms with van der Waals surface area (Å²) in [5.41, 5.74) is 2.11. The van der Waals surface area contributed by atoms with E-state index in [-0.39, 0.29) is 18.1 Å². The zero-order valence-corrected chi connectivity index (χ0v) is 12.9. The van der Waals surface area contributed by atoms with E-state index in [1.54, 1.807) is 31.0 Å². The van der Waals surface area contributed by atoms with Crippen LogP contribution >= 0.6 is 0 Å². The van der Waals surface area contributed by atoms with Crippen molar-refractivity contribution in [3.05, 3.63) is 24.1 Å². The fourth-order valence-corrected chi connectivity index (χ4v) is 3.00. The Morgan fingerprint density at radius 2 is 2.32 bits per heavy atom. The summed E-state index contributed by atoms with van der Waals surface area (Å²) in [6, 6.07) is 5.21. The molecule has 2 unspecified atom stereocenters. The van der Waals surface area contributed by atoms with Crippen molar-refractivity contribution in [2.75, 3.05) is 18.9 Å². The van der Waals surface area contributed by atoms with Gasteiger partial charge in [-0.05, 0) is 25.0 Å². The van der Waals surface area contributed by atoms with Crippen LogP contribution in [0, 0.1) is 12.8 Å². The number of nitrogens with zero attached hydrogens (tertiary/aromatic N) is 2. The van der Waals surface area contributed by atoms with E-state index in [1.807, 2.05) is 6.07 Å². The second kappa shape index (κ2) is 5.96. The molecule has 1 aromatic heterocycles. The van der Waals surface area contributed by atoms with Crippen LogP contribution in [-0.4, -0.2) is 40.7 Å². The predicted octanol–water partition coefficient (Wildman–Crippen LogP) is 2.76. The second-order valence-corrected chi connectivity index (χ2v) is 5.98. The lowest BCUT2D eigenvalue weighted by Gasteiger charge is -2.23. The van der Waals surface area contributed by atoms with Crippen molar-refractivity contribution in [1.82, 2.24) is 9.88 Å². The highest BCUT2D eigenvalue weighted by Crippen LogP contribution is 2.26. The molecule has 0 spiro atoms. The largest absolute Gasteiger partial charge is 0.441 e. The lowest BCUT2D eigenvalue weighted by atomic mass is 10.1. The molecule has 118 valence electrons. The molecule has 22 heavy (non-hydrogen) atoms. The van der Waals surface area contributed by atoms with Gasteiger partial charge in [0.15, 0.2) is 11.5 Å². The molecule has 0 radical (unpaired) electrons. The number of hydrogen-bond donors (Lipinski definition) is 2. The summed E-state index contributed by atoms with van der Waals surface area (Å²) >= 11 is 0.